The Bertz CT molecular complexity index is 583. The van der Waals surface area contributed by atoms with Gasteiger partial charge >= 0.3 is 11.9 Å². The number of ketones is 1. The average molecular weight is 293 g/mol. The first kappa shape index (κ1) is 15.3. The van der Waals surface area contributed by atoms with Crippen LogP contribution in [0.15, 0.2) is 0 Å². The number of nitrogens with one attached hydrogen (secondary N) is 1. The summed E-state index contributed by atoms with van der Waals surface area (Å²) in [5.74, 6) is -1.17. The van der Waals surface area contributed by atoms with Crippen molar-refractivity contribution in [1.29, 1.82) is 0 Å². The number of aromatic amines is 1. The summed E-state index contributed by atoms with van der Waals surface area (Å²) in [6, 6.07) is 0. The lowest BCUT2D eigenvalue weighted by Gasteiger charge is -2.04. The zero-order chi connectivity index (χ0) is 15.6. The lowest BCUT2D eigenvalue weighted by Crippen LogP contribution is -2.16. The molecule has 1 saturated carbocycles. The molecule has 0 unspecified atom stereocenters. The monoisotopic (exact) mass is 293 g/mol. The molecule has 6 nitrogen and oxygen atoms in total. The lowest BCUT2D eigenvalue weighted by atomic mass is 10.1. The van der Waals surface area contributed by atoms with Gasteiger partial charge < -0.3 is 14.5 Å². The molecule has 114 valence electrons. The van der Waals surface area contributed by atoms with E-state index < -0.39 is 5.97 Å². The van der Waals surface area contributed by atoms with Gasteiger partial charge in [0.25, 0.3) is 0 Å². The molecule has 1 aliphatic rings. The van der Waals surface area contributed by atoms with E-state index in [0.717, 1.165) is 12.8 Å². The van der Waals surface area contributed by atoms with Gasteiger partial charge in [-0.25, -0.2) is 4.79 Å². The predicted molar refractivity (Wildman–Crippen MR) is 74.2 cm³/mol. The fraction of sp³-hybridized carbons (Fsp3) is 0.533. The van der Waals surface area contributed by atoms with Crippen LogP contribution in [0.4, 0.5) is 0 Å². The van der Waals surface area contributed by atoms with E-state index in [1.807, 2.05) is 0 Å². The molecule has 1 heterocycles. The number of carbonyl (C=O) groups is 3. The van der Waals surface area contributed by atoms with Crippen LogP contribution < -0.4 is 0 Å². The second kappa shape index (κ2) is 6.11. The van der Waals surface area contributed by atoms with Crippen LogP contribution in [0.25, 0.3) is 0 Å². The summed E-state index contributed by atoms with van der Waals surface area (Å²) in [6.07, 6.45) is 1.67. The lowest BCUT2D eigenvalue weighted by molar-refractivity contribution is -0.144. The number of hydrogen-bond acceptors (Lipinski definition) is 5. The average Bonchev–Trinajstić information content (AvgIpc) is 3.22. The van der Waals surface area contributed by atoms with Gasteiger partial charge in [0.1, 0.15) is 0 Å². The van der Waals surface area contributed by atoms with Crippen LogP contribution in [0.5, 0.6) is 0 Å². The van der Waals surface area contributed by atoms with Gasteiger partial charge in [-0.1, -0.05) is 0 Å². The Kier molecular flexibility index (Phi) is 4.45. The molecule has 1 aromatic heterocycles. The quantitative estimate of drug-likeness (QED) is 0.640. The molecule has 0 aromatic carbocycles. The largest absolute Gasteiger partial charge is 0.462 e. The highest BCUT2D eigenvalue weighted by molar-refractivity contribution is 6.02. The smallest absolute Gasteiger partial charge is 0.340 e. The summed E-state index contributed by atoms with van der Waals surface area (Å²) >= 11 is 0. The SMILES string of the molecule is CCOC(=O)c1c(C)[nH]c(C(=O)COC(=O)C2CC2)c1C. The van der Waals surface area contributed by atoms with E-state index in [2.05, 4.69) is 4.98 Å². The molecule has 0 spiro atoms. The molecule has 1 aliphatic carbocycles. The third kappa shape index (κ3) is 3.32. The topological polar surface area (TPSA) is 85.5 Å². The van der Waals surface area contributed by atoms with Crippen molar-refractivity contribution in [2.75, 3.05) is 13.2 Å². The number of ether oxygens (including phenoxy) is 2. The number of aryl methyl sites for hydroxylation is 1. The highest BCUT2D eigenvalue weighted by atomic mass is 16.5. The zero-order valence-corrected chi connectivity index (χ0v) is 12.4. The maximum atomic E-state index is 12.1. The molecule has 0 amide bonds. The van der Waals surface area contributed by atoms with Crippen molar-refractivity contribution in [3.63, 3.8) is 0 Å². The summed E-state index contributed by atoms with van der Waals surface area (Å²) in [7, 11) is 0. The Hall–Kier alpha value is -2.11. The molecule has 0 atom stereocenters. The number of Topliss-reactive ketones (excluding diaryl/α,β-unsaturated/α-hetero) is 1. The Balaban J connectivity index is 2.08. The maximum absolute atomic E-state index is 12.1. The molecule has 2 rings (SSSR count). The van der Waals surface area contributed by atoms with Crippen molar-refractivity contribution < 1.29 is 23.9 Å². The standard InChI is InChI=1S/C15H19NO5/c1-4-20-15(19)12-8(2)13(16-9(12)3)11(17)7-21-14(18)10-5-6-10/h10,16H,4-7H2,1-3H3. The van der Waals surface area contributed by atoms with Gasteiger partial charge in [0.15, 0.2) is 6.61 Å². The summed E-state index contributed by atoms with van der Waals surface area (Å²) < 4.78 is 9.93. The van der Waals surface area contributed by atoms with Crippen molar-refractivity contribution in [3.05, 3.63) is 22.5 Å². The molecule has 6 heteroatoms. The number of aromatic nitrogens is 1. The minimum absolute atomic E-state index is 0.0423. The Morgan fingerprint density at radius 1 is 1.19 bits per heavy atom. The van der Waals surface area contributed by atoms with Crippen molar-refractivity contribution >= 4 is 17.7 Å². The molecule has 1 aromatic rings. The molecular weight excluding hydrogens is 274 g/mol. The van der Waals surface area contributed by atoms with Crippen molar-refractivity contribution in [3.8, 4) is 0 Å². The van der Waals surface area contributed by atoms with Crippen LogP contribution in [0.3, 0.4) is 0 Å². The van der Waals surface area contributed by atoms with Crippen molar-refractivity contribution in [1.82, 2.24) is 4.98 Å². The van der Waals surface area contributed by atoms with Crippen LogP contribution >= 0.6 is 0 Å². The van der Waals surface area contributed by atoms with E-state index in [1.165, 1.54) is 0 Å². The normalized spacial score (nSPS) is 13.9. The summed E-state index contributed by atoms with van der Waals surface area (Å²) in [5, 5.41) is 0. The van der Waals surface area contributed by atoms with Gasteiger partial charge in [-0.2, -0.15) is 0 Å². The van der Waals surface area contributed by atoms with Gasteiger partial charge in [-0.3, -0.25) is 9.59 Å². The number of hydrogen-bond donors (Lipinski definition) is 1. The second-order valence-corrected chi connectivity index (χ2v) is 5.15. The van der Waals surface area contributed by atoms with E-state index >= 15 is 0 Å². The summed E-state index contributed by atoms with van der Waals surface area (Å²) in [5.41, 5.74) is 1.76. The number of carbonyl (C=O) groups excluding carboxylic acids is 3. The van der Waals surface area contributed by atoms with Crippen LogP contribution in [0.1, 0.15) is 51.9 Å². The zero-order valence-electron chi connectivity index (χ0n) is 12.4. The maximum Gasteiger partial charge on any atom is 0.340 e. The van der Waals surface area contributed by atoms with Gasteiger partial charge in [-0.15, -0.1) is 0 Å². The molecule has 1 N–H and O–H groups in total. The van der Waals surface area contributed by atoms with Gasteiger partial charge in [0.2, 0.25) is 5.78 Å². The highest BCUT2D eigenvalue weighted by Gasteiger charge is 2.32. The molecule has 0 aliphatic heterocycles. The van der Waals surface area contributed by atoms with E-state index in [-0.39, 0.29) is 30.9 Å². The first-order valence-corrected chi connectivity index (χ1v) is 7.01. The number of H-pyrrole nitrogens is 1. The van der Waals surface area contributed by atoms with E-state index in [0.29, 0.717) is 22.5 Å². The molecule has 1 fully saturated rings. The predicted octanol–water partition coefficient (Wildman–Crippen LogP) is 1.94. The van der Waals surface area contributed by atoms with E-state index in [9.17, 15) is 14.4 Å². The van der Waals surface area contributed by atoms with Crippen LogP contribution in [0.2, 0.25) is 0 Å². The van der Waals surface area contributed by atoms with Crippen molar-refractivity contribution in [2.24, 2.45) is 5.92 Å². The number of esters is 2. The van der Waals surface area contributed by atoms with Crippen molar-refractivity contribution in [2.45, 2.75) is 33.6 Å². The second-order valence-electron chi connectivity index (χ2n) is 5.15. The Morgan fingerprint density at radius 3 is 2.43 bits per heavy atom. The first-order chi connectivity index (χ1) is 9.95. The first-order valence-electron chi connectivity index (χ1n) is 7.01. The van der Waals surface area contributed by atoms with Crippen LogP contribution in [-0.2, 0) is 14.3 Å². The molecule has 0 bridgehead atoms. The minimum Gasteiger partial charge on any atom is -0.462 e. The van der Waals surface area contributed by atoms with Gasteiger partial charge in [0.05, 0.1) is 23.8 Å². The van der Waals surface area contributed by atoms with Crippen LogP contribution in [-0.4, -0.2) is 35.9 Å². The molecule has 0 radical (unpaired) electrons. The summed E-state index contributed by atoms with van der Waals surface area (Å²) in [4.78, 5) is 38.3. The van der Waals surface area contributed by atoms with E-state index in [4.69, 9.17) is 9.47 Å². The highest BCUT2D eigenvalue weighted by Crippen LogP contribution is 2.30. The van der Waals surface area contributed by atoms with Gasteiger partial charge in [-0.05, 0) is 39.2 Å². The summed E-state index contributed by atoms with van der Waals surface area (Å²) in [6.45, 7) is 5.06. The fourth-order valence-corrected chi connectivity index (χ4v) is 2.18. The Labute approximate surface area is 122 Å². The Morgan fingerprint density at radius 2 is 1.86 bits per heavy atom. The molecular formula is C15H19NO5. The fourth-order valence-electron chi connectivity index (χ4n) is 2.18. The number of rotatable bonds is 6. The van der Waals surface area contributed by atoms with Gasteiger partial charge in [0, 0.05) is 5.69 Å². The van der Waals surface area contributed by atoms with Crippen LogP contribution in [0, 0.1) is 19.8 Å². The molecule has 21 heavy (non-hydrogen) atoms. The third-order valence-electron chi connectivity index (χ3n) is 3.45. The van der Waals surface area contributed by atoms with E-state index in [1.54, 1.807) is 20.8 Å². The minimum atomic E-state index is -0.460. The molecule has 0 saturated heterocycles. The third-order valence-corrected chi connectivity index (χ3v) is 3.45.